The Labute approximate surface area is 125 Å². The van der Waals surface area contributed by atoms with Gasteiger partial charge in [0.05, 0.1) is 4.92 Å². The second-order valence-corrected chi connectivity index (χ2v) is 6.92. The lowest BCUT2D eigenvalue weighted by Gasteiger charge is -2.53. The first-order chi connectivity index (χ1) is 9.65. The molecule has 0 spiro atoms. The van der Waals surface area contributed by atoms with Crippen LogP contribution in [0.4, 0.5) is 5.69 Å². The first kappa shape index (κ1) is 15.5. The fourth-order valence-corrected chi connectivity index (χ4v) is 3.40. The summed E-state index contributed by atoms with van der Waals surface area (Å²) in [5.41, 5.74) is 0.0914. The van der Waals surface area contributed by atoms with E-state index in [-0.39, 0.29) is 22.7 Å². The number of rotatable bonds is 2. The predicted octanol–water partition coefficient (Wildman–Crippen LogP) is 3.78. The van der Waals surface area contributed by atoms with E-state index in [1.165, 1.54) is 12.1 Å². The van der Waals surface area contributed by atoms with Gasteiger partial charge in [0, 0.05) is 28.8 Å². The number of nitro groups is 1. The van der Waals surface area contributed by atoms with E-state index in [1.54, 1.807) is 12.1 Å². The van der Waals surface area contributed by atoms with Crippen molar-refractivity contribution in [3.8, 4) is 0 Å². The molecule has 0 N–H and O–H groups in total. The van der Waals surface area contributed by atoms with Crippen LogP contribution in [0.5, 0.6) is 0 Å². The van der Waals surface area contributed by atoms with Crippen LogP contribution in [-0.4, -0.2) is 26.8 Å². The predicted molar refractivity (Wildman–Crippen MR) is 81.3 cm³/mol. The van der Waals surface area contributed by atoms with Crippen molar-refractivity contribution >= 4 is 11.6 Å². The number of amides is 1. The molecular formula is C16H22N2O3. The fraction of sp³-hybridized carbons (Fsp3) is 0.562. The van der Waals surface area contributed by atoms with Gasteiger partial charge in [0.2, 0.25) is 0 Å². The summed E-state index contributed by atoms with van der Waals surface area (Å²) in [6, 6.07) is 5.86. The Kier molecular flexibility index (Phi) is 3.78. The van der Waals surface area contributed by atoms with Crippen LogP contribution in [0, 0.1) is 10.1 Å². The van der Waals surface area contributed by atoms with Crippen molar-refractivity contribution in [3.05, 3.63) is 39.9 Å². The lowest BCUT2D eigenvalue weighted by Crippen LogP contribution is -2.60. The van der Waals surface area contributed by atoms with Gasteiger partial charge in [-0.3, -0.25) is 14.9 Å². The number of benzene rings is 1. The average molecular weight is 290 g/mol. The minimum atomic E-state index is -0.455. The molecule has 5 nitrogen and oxygen atoms in total. The van der Waals surface area contributed by atoms with Crippen LogP contribution in [0.3, 0.4) is 0 Å². The molecule has 2 rings (SSSR count). The SMILES string of the molecule is CC1(C)CCCC(C)(C)N1C(=O)c1ccc([N+](=O)[O-])cc1. The Morgan fingerprint density at radius 1 is 1.10 bits per heavy atom. The second-order valence-electron chi connectivity index (χ2n) is 6.92. The highest BCUT2D eigenvalue weighted by Gasteiger charge is 2.44. The van der Waals surface area contributed by atoms with Gasteiger partial charge in [0.25, 0.3) is 11.6 Å². The van der Waals surface area contributed by atoms with Crippen LogP contribution in [0.1, 0.15) is 57.3 Å². The Balaban J connectivity index is 2.34. The van der Waals surface area contributed by atoms with Crippen LogP contribution in [-0.2, 0) is 0 Å². The summed E-state index contributed by atoms with van der Waals surface area (Å²) in [6.07, 6.45) is 3.04. The second kappa shape index (κ2) is 5.13. The minimum Gasteiger partial charge on any atom is -0.328 e. The van der Waals surface area contributed by atoms with Crippen molar-refractivity contribution in [2.24, 2.45) is 0 Å². The van der Waals surface area contributed by atoms with Crippen LogP contribution in [0.15, 0.2) is 24.3 Å². The van der Waals surface area contributed by atoms with Crippen molar-refractivity contribution in [1.82, 2.24) is 4.90 Å². The van der Waals surface area contributed by atoms with Gasteiger partial charge in [-0.15, -0.1) is 0 Å². The van der Waals surface area contributed by atoms with Crippen LogP contribution >= 0.6 is 0 Å². The summed E-state index contributed by atoms with van der Waals surface area (Å²) in [6.45, 7) is 8.32. The molecule has 1 amide bonds. The molecule has 0 radical (unpaired) electrons. The van der Waals surface area contributed by atoms with Gasteiger partial charge in [0.15, 0.2) is 0 Å². The monoisotopic (exact) mass is 290 g/mol. The van der Waals surface area contributed by atoms with E-state index in [0.29, 0.717) is 5.56 Å². The molecule has 0 unspecified atom stereocenters. The van der Waals surface area contributed by atoms with Crippen LogP contribution in [0.2, 0.25) is 0 Å². The Hall–Kier alpha value is -1.91. The highest BCUT2D eigenvalue weighted by Crippen LogP contribution is 2.39. The first-order valence-electron chi connectivity index (χ1n) is 7.24. The van der Waals surface area contributed by atoms with Gasteiger partial charge in [-0.05, 0) is 59.1 Å². The van der Waals surface area contributed by atoms with Crippen molar-refractivity contribution in [2.45, 2.75) is 58.0 Å². The molecule has 1 aromatic carbocycles. The highest BCUT2D eigenvalue weighted by molar-refractivity contribution is 5.95. The summed E-state index contributed by atoms with van der Waals surface area (Å²) in [7, 11) is 0. The van der Waals surface area contributed by atoms with E-state index in [0.717, 1.165) is 19.3 Å². The molecular weight excluding hydrogens is 268 g/mol. The molecule has 1 aromatic rings. The summed E-state index contributed by atoms with van der Waals surface area (Å²) in [5.74, 6) is -0.0559. The topological polar surface area (TPSA) is 63.5 Å². The van der Waals surface area contributed by atoms with E-state index in [1.807, 2.05) is 4.90 Å². The van der Waals surface area contributed by atoms with Gasteiger partial charge in [-0.2, -0.15) is 0 Å². The first-order valence-corrected chi connectivity index (χ1v) is 7.24. The third-order valence-corrected chi connectivity index (χ3v) is 4.32. The number of piperidine rings is 1. The molecule has 1 saturated heterocycles. The number of likely N-dealkylation sites (tertiary alicyclic amines) is 1. The molecule has 0 bridgehead atoms. The molecule has 0 saturated carbocycles. The molecule has 1 aliphatic heterocycles. The number of carbonyl (C=O) groups is 1. The van der Waals surface area contributed by atoms with Gasteiger partial charge >= 0.3 is 0 Å². The van der Waals surface area contributed by atoms with E-state index in [9.17, 15) is 14.9 Å². The molecule has 21 heavy (non-hydrogen) atoms. The Bertz CT molecular complexity index is 545. The lowest BCUT2D eigenvalue weighted by molar-refractivity contribution is -0.384. The highest BCUT2D eigenvalue weighted by atomic mass is 16.6. The van der Waals surface area contributed by atoms with E-state index >= 15 is 0 Å². The number of hydrogen-bond acceptors (Lipinski definition) is 3. The number of hydrogen-bond donors (Lipinski definition) is 0. The molecule has 1 heterocycles. The molecule has 114 valence electrons. The maximum absolute atomic E-state index is 12.9. The minimum absolute atomic E-state index is 0.00344. The van der Waals surface area contributed by atoms with E-state index in [2.05, 4.69) is 27.7 Å². The number of nitrogens with zero attached hydrogens (tertiary/aromatic N) is 2. The summed E-state index contributed by atoms with van der Waals surface area (Å²) in [4.78, 5) is 25.0. The van der Waals surface area contributed by atoms with Crippen LogP contribution < -0.4 is 0 Å². The molecule has 1 fully saturated rings. The number of non-ortho nitro benzene ring substituents is 1. The zero-order valence-corrected chi connectivity index (χ0v) is 13.0. The van der Waals surface area contributed by atoms with Crippen molar-refractivity contribution in [1.29, 1.82) is 0 Å². The van der Waals surface area contributed by atoms with Gasteiger partial charge in [-0.1, -0.05) is 0 Å². The van der Waals surface area contributed by atoms with Crippen molar-refractivity contribution in [2.75, 3.05) is 0 Å². The van der Waals surface area contributed by atoms with Gasteiger partial charge in [-0.25, -0.2) is 0 Å². The van der Waals surface area contributed by atoms with Gasteiger partial charge < -0.3 is 4.90 Å². The largest absolute Gasteiger partial charge is 0.328 e. The van der Waals surface area contributed by atoms with E-state index < -0.39 is 4.92 Å². The summed E-state index contributed by atoms with van der Waals surface area (Å²) < 4.78 is 0. The molecule has 0 atom stereocenters. The standard InChI is InChI=1S/C16H22N2O3/c1-15(2)10-5-11-16(3,4)17(15)14(19)12-6-8-13(9-7-12)18(20)21/h6-9H,5,10-11H2,1-4H3. The van der Waals surface area contributed by atoms with Crippen molar-refractivity contribution in [3.63, 3.8) is 0 Å². The fourth-order valence-electron chi connectivity index (χ4n) is 3.40. The van der Waals surface area contributed by atoms with Crippen molar-refractivity contribution < 1.29 is 9.72 Å². The molecule has 0 aromatic heterocycles. The number of nitro benzene ring substituents is 1. The molecule has 5 heteroatoms. The van der Waals surface area contributed by atoms with E-state index in [4.69, 9.17) is 0 Å². The normalized spacial score (nSPS) is 20.1. The Morgan fingerprint density at radius 2 is 1.57 bits per heavy atom. The van der Waals surface area contributed by atoms with Gasteiger partial charge in [0.1, 0.15) is 0 Å². The molecule has 1 aliphatic rings. The quantitative estimate of drug-likeness (QED) is 0.615. The zero-order valence-electron chi connectivity index (χ0n) is 13.0. The lowest BCUT2D eigenvalue weighted by atomic mass is 9.79. The average Bonchev–Trinajstić information content (AvgIpc) is 2.36. The summed E-state index contributed by atoms with van der Waals surface area (Å²) in [5, 5.41) is 10.7. The van der Waals surface area contributed by atoms with Crippen LogP contribution in [0.25, 0.3) is 0 Å². The third kappa shape index (κ3) is 2.91. The third-order valence-electron chi connectivity index (χ3n) is 4.32. The summed E-state index contributed by atoms with van der Waals surface area (Å²) >= 11 is 0. The maximum Gasteiger partial charge on any atom is 0.269 e. The maximum atomic E-state index is 12.9. The smallest absolute Gasteiger partial charge is 0.269 e. The molecule has 0 aliphatic carbocycles. The number of carbonyl (C=O) groups excluding carboxylic acids is 1. The Morgan fingerprint density at radius 3 is 2.00 bits per heavy atom. The zero-order chi connectivity index (χ0) is 15.8.